The molecule has 1 aliphatic heterocycles. The summed E-state index contributed by atoms with van der Waals surface area (Å²) in [5.41, 5.74) is 2.26. The van der Waals surface area contributed by atoms with Crippen molar-refractivity contribution in [2.45, 2.75) is 27.2 Å². The van der Waals surface area contributed by atoms with Crippen molar-refractivity contribution in [3.05, 3.63) is 41.0 Å². The monoisotopic (exact) mass is 452 g/mol. The molecular weight excluding hydrogens is 424 g/mol. The standard InChI is InChI=1S/C23H28N6O2S/c1-4-9-28-10-12-29(13-11-28)21-19-15(2)20(32-23(19)25-14-24-21)22(31)27-18-7-5-17(6-8-18)26-16(3)30/h5-8,14H,4,9-13H2,1-3H3,(H,26,30)(H,27,31). The Balaban J connectivity index is 1.54. The molecule has 0 aliphatic carbocycles. The van der Waals surface area contributed by atoms with Gasteiger partial charge in [0.1, 0.15) is 17.0 Å². The minimum absolute atomic E-state index is 0.133. The molecule has 4 rings (SSSR count). The third kappa shape index (κ3) is 4.73. The highest BCUT2D eigenvalue weighted by molar-refractivity contribution is 7.20. The van der Waals surface area contributed by atoms with Crippen molar-refractivity contribution in [3.63, 3.8) is 0 Å². The first-order chi connectivity index (χ1) is 15.5. The zero-order chi connectivity index (χ0) is 22.7. The number of nitrogens with zero attached hydrogens (tertiary/aromatic N) is 4. The number of aromatic nitrogens is 2. The average molecular weight is 453 g/mol. The van der Waals surface area contributed by atoms with Gasteiger partial charge in [0.05, 0.1) is 10.3 Å². The van der Waals surface area contributed by atoms with Crippen LogP contribution < -0.4 is 15.5 Å². The van der Waals surface area contributed by atoms with E-state index in [4.69, 9.17) is 0 Å². The van der Waals surface area contributed by atoms with Gasteiger partial charge in [0.25, 0.3) is 5.91 Å². The van der Waals surface area contributed by atoms with E-state index in [1.54, 1.807) is 30.6 Å². The molecule has 1 fully saturated rings. The van der Waals surface area contributed by atoms with Crippen molar-refractivity contribution in [3.8, 4) is 0 Å². The fourth-order valence-corrected chi connectivity index (χ4v) is 5.08. The van der Waals surface area contributed by atoms with Crippen LogP contribution >= 0.6 is 11.3 Å². The number of carbonyl (C=O) groups excluding carboxylic acids is 2. The van der Waals surface area contributed by atoms with E-state index in [9.17, 15) is 9.59 Å². The van der Waals surface area contributed by atoms with Gasteiger partial charge in [-0.05, 0) is 49.7 Å². The van der Waals surface area contributed by atoms with Gasteiger partial charge in [-0.1, -0.05) is 6.92 Å². The molecule has 2 amide bonds. The third-order valence-corrected chi connectivity index (χ3v) is 6.79. The molecule has 0 saturated carbocycles. The Labute approximate surface area is 191 Å². The molecule has 0 unspecified atom stereocenters. The van der Waals surface area contributed by atoms with Crippen LogP contribution in [0.25, 0.3) is 10.2 Å². The Hall–Kier alpha value is -3.04. The number of aryl methyl sites for hydroxylation is 1. The number of benzene rings is 1. The molecule has 0 radical (unpaired) electrons. The van der Waals surface area contributed by atoms with Crippen molar-refractivity contribution in [2.75, 3.05) is 48.3 Å². The van der Waals surface area contributed by atoms with Crippen molar-refractivity contribution in [1.29, 1.82) is 0 Å². The summed E-state index contributed by atoms with van der Waals surface area (Å²) in [4.78, 5) is 39.5. The quantitative estimate of drug-likeness (QED) is 0.592. The largest absolute Gasteiger partial charge is 0.353 e. The van der Waals surface area contributed by atoms with Gasteiger partial charge in [-0.25, -0.2) is 9.97 Å². The second kappa shape index (κ2) is 9.62. The summed E-state index contributed by atoms with van der Waals surface area (Å²) in [6.07, 6.45) is 2.75. The highest BCUT2D eigenvalue weighted by Crippen LogP contribution is 2.35. The first-order valence-electron chi connectivity index (χ1n) is 10.9. The van der Waals surface area contributed by atoms with Crippen LogP contribution in [0.15, 0.2) is 30.6 Å². The van der Waals surface area contributed by atoms with Gasteiger partial charge in [0.15, 0.2) is 0 Å². The predicted octanol–water partition coefficient (Wildman–Crippen LogP) is 3.74. The Kier molecular flexibility index (Phi) is 6.66. The maximum Gasteiger partial charge on any atom is 0.266 e. The Bertz CT molecular complexity index is 1120. The molecule has 3 heterocycles. The number of anilines is 3. The number of rotatable bonds is 6. The number of nitrogens with one attached hydrogen (secondary N) is 2. The lowest BCUT2D eigenvalue weighted by Crippen LogP contribution is -2.46. The van der Waals surface area contributed by atoms with Crippen LogP contribution in [0, 0.1) is 6.92 Å². The number of thiophene rings is 1. The smallest absolute Gasteiger partial charge is 0.266 e. The summed E-state index contributed by atoms with van der Waals surface area (Å²) in [7, 11) is 0. The molecule has 8 nitrogen and oxygen atoms in total. The SMILES string of the molecule is CCCN1CCN(c2ncnc3sc(C(=O)Nc4ccc(NC(C)=O)cc4)c(C)c23)CC1. The van der Waals surface area contributed by atoms with E-state index in [2.05, 4.69) is 37.3 Å². The summed E-state index contributed by atoms with van der Waals surface area (Å²) in [5, 5.41) is 6.63. The topological polar surface area (TPSA) is 90.5 Å². The predicted molar refractivity (Wildman–Crippen MR) is 130 cm³/mol. The van der Waals surface area contributed by atoms with Gasteiger partial charge in [0.2, 0.25) is 5.91 Å². The molecule has 9 heteroatoms. The lowest BCUT2D eigenvalue weighted by molar-refractivity contribution is -0.114. The first-order valence-corrected chi connectivity index (χ1v) is 11.7. The number of piperazine rings is 1. The van der Waals surface area contributed by atoms with E-state index >= 15 is 0 Å². The normalized spacial score (nSPS) is 14.5. The fraction of sp³-hybridized carbons (Fsp3) is 0.391. The fourth-order valence-electron chi connectivity index (χ4n) is 4.04. The van der Waals surface area contributed by atoms with Crippen molar-refractivity contribution in [2.24, 2.45) is 0 Å². The molecule has 32 heavy (non-hydrogen) atoms. The summed E-state index contributed by atoms with van der Waals surface area (Å²) in [5.74, 6) is 0.612. The van der Waals surface area contributed by atoms with Crippen molar-refractivity contribution >= 4 is 50.6 Å². The lowest BCUT2D eigenvalue weighted by atomic mass is 10.1. The minimum Gasteiger partial charge on any atom is -0.353 e. The van der Waals surface area contributed by atoms with Gasteiger partial charge in [0, 0.05) is 44.5 Å². The van der Waals surface area contributed by atoms with Gasteiger partial charge in [-0.3, -0.25) is 14.5 Å². The van der Waals surface area contributed by atoms with E-state index in [1.807, 2.05) is 6.92 Å². The van der Waals surface area contributed by atoms with E-state index in [1.165, 1.54) is 18.3 Å². The summed E-state index contributed by atoms with van der Waals surface area (Å²) >= 11 is 1.39. The lowest BCUT2D eigenvalue weighted by Gasteiger charge is -2.35. The molecule has 0 atom stereocenters. The van der Waals surface area contributed by atoms with Crippen LogP contribution in [-0.2, 0) is 4.79 Å². The van der Waals surface area contributed by atoms with Gasteiger partial charge >= 0.3 is 0 Å². The van der Waals surface area contributed by atoms with Crippen LogP contribution in [0.1, 0.15) is 35.5 Å². The summed E-state index contributed by atoms with van der Waals surface area (Å²) < 4.78 is 0. The molecule has 168 valence electrons. The molecule has 1 aromatic carbocycles. The molecule has 1 saturated heterocycles. The van der Waals surface area contributed by atoms with Gasteiger partial charge < -0.3 is 15.5 Å². The highest BCUT2D eigenvalue weighted by atomic mass is 32.1. The minimum atomic E-state index is -0.170. The van der Waals surface area contributed by atoms with Crippen LogP contribution in [0.5, 0.6) is 0 Å². The molecule has 2 aromatic heterocycles. The number of amides is 2. The average Bonchev–Trinajstić information content (AvgIpc) is 3.12. The third-order valence-electron chi connectivity index (χ3n) is 5.59. The maximum absolute atomic E-state index is 13.0. The number of carbonyl (C=O) groups is 2. The van der Waals surface area contributed by atoms with Gasteiger partial charge in [-0.15, -0.1) is 11.3 Å². The van der Waals surface area contributed by atoms with Crippen molar-refractivity contribution in [1.82, 2.24) is 14.9 Å². The van der Waals surface area contributed by atoms with Crippen molar-refractivity contribution < 1.29 is 9.59 Å². The second-order valence-electron chi connectivity index (χ2n) is 7.97. The molecule has 0 spiro atoms. The number of fused-ring (bicyclic) bond motifs is 1. The van der Waals surface area contributed by atoms with Gasteiger partial charge in [-0.2, -0.15) is 0 Å². The zero-order valence-electron chi connectivity index (χ0n) is 18.6. The van der Waals surface area contributed by atoms with E-state index < -0.39 is 0 Å². The second-order valence-corrected chi connectivity index (χ2v) is 8.97. The van der Waals surface area contributed by atoms with E-state index in [0.717, 1.165) is 60.7 Å². The Morgan fingerprint density at radius 3 is 2.31 bits per heavy atom. The molecule has 0 bridgehead atoms. The van der Waals surface area contributed by atoms with E-state index in [-0.39, 0.29) is 11.8 Å². The highest BCUT2D eigenvalue weighted by Gasteiger charge is 2.24. The maximum atomic E-state index is 13.0. The van der Waals surface area contributed by atoms with Crippen LogP contribution in [-0.4, -0.2) is 59.4 Å². The number of hydrogen-bond donors (Lipinski definition) is 2. The molecule has 2 N–H and O–H groups in total. The Morgan fingerprint density at radius 1 is 1.03 bits per heavy atom. The van der Waals surface area contributed by atoms with Crippen LogP contribution in [0.2, 0.25) is 0 Å². The molecule has 3 aromatic rings. The Morgan fingerprint density at radius 2 is 1.69 bits per heavy atom. The molecule has 1 aliphatic rings. The first kappa shape index (κ1) is 22.2. The number of hydrogen-bond acceptors (Lipinski definition) is 7. The van der Waals surface area contributed by atoms with Crippen LogP contribution in [0.3, 0.4) is 0 Å². The summed E-state index contributed by atoms with van der Waals surface area (Å²) in [6, 6.07) is 7.06. The zero-order valence-corrected chi connectivity index (χ0v) is 19.5. The molecular formula is C23H28N6O2S. The summed E-state index contributed by atoms with van der Waals surface area (Å²) in [6.45, 7) is 10.6. The van der Waals surface area contributed by atoms with Crippen LogP contribution in [0.4, 0.5) is 17.2 Å². The van der Waals surface area contributed by atoms with E-state index in [0.29, 0.717) is 16.3 Å².